The Labute approximate surface area is 631 Å². The van der Waals surface area contributed by atoms with Gasteiger partial charge in [-0.05, 0) is 109 Å². The Morgan fingerprint density at radius 1 is 0.734 bits per heavy atom. The number of hydrogen-bond acceptors (Lipinski definition) is 21. The predicted molar refractivity (Wildman–Crippen MR) is 395 cm³/mol. The quantitative estimate of drug-likeness (QED) is 0.00902. The highest BCUT2D eigenvalue weighted by Gasteiger charge is 2.40. The van der Waals surface area contributed by atoms with Gasteiger partial charge in [-0.15, -0.1) is 16.7 Å². The fourth-order valence-electron chi connectivity index (χ4n) is 12.9. The number of nitrogens with zero attached hydrogens (tertiary/aromatic N) is 9. The maximum Gasteiger partial charge on any atom is 0.415 e. The molecule has 10 rings (SSSR count). The average molecular weight is 1520 g/mol. The second-order valence-corrected chi connectivity index (χ2v) is 26.8. The number of imide groups is 1. The molecule has 0 spiro atoms. The first-order chi connectivity index (χ1) is 52.4. The second-order valence-electron chi connectivity index (χ2n) is 26.5. The van der Waals surface area contributed by atoms with E-state index in [1.54, 1.807) is 98.3 Å². The van der Waals surface area contributed by atoms with Gasteiger partial charge in [-0.25, -0.2) is 33.6 Å². The number of benzene rings is 4. The van der Waals surface area contributed by atoms with E-state index in [1.165, 1.54) is 50.9 Å². The number of phenols is 1. The summed E-state index contributed by atoms with van der Waals surface area (Å²) in [7, 11) is 3.24. The lowest BCUT2D eigenvalue weighted by molar-refractivity contribution is -0.137. The van der Waals surface area contributed by atoms with E-state index < -0.39 is 95.9 Å². The van der Waals surface area contributed by atoms with Crippen molar-refractivity contribution in [1.29, 1.82) is 0 Å². The van der Waals surface area contributed by atoms with Crippen molar-refractivity contribution < 1.29 is 86.3 Å². The van der Waals surface area contributed by atoms with Crippen LogP contribution < -0.4 is 47.3 Å². The number of alkyl halides is 1. The van der Waals surface area contributed by atoms with E-state index in [2.05, 4.69) is 47.2 Å². The predicted octanol–water partition coefficient (Wildman–Crippen LogP) is 6.85. The number of alkyl carbamates (subject to hydrolysis) is 2. The van der Waals surface area contributed by atoms with E-state index in [0.29, 0.717) is 57.8 Å². The molecule has 109 heavy (non-hydrogen) atoms. The molecule has 0 saturated heterocycles. The molecule has 35 heteroatoms. The summed E-state index contributed by atoms with van der Waals surface area (Å²) >= 11 is 6.68. The van der Waals surface area contributed by atoms with Gasteiger partial charge in [0.05, 0.1) is 75.7 Å². The van der Waals surface area contributed by atoms with Crippen LogP contribution in [-0.4, -0.2) is 213 Å². The Kier molecular flexibility index (Phi) is 27.4. The Bertz CT molecular complexity index is 4500. The number of nitrogens with two attached hydrogens (primary N) is 1. The number of likely N-dealkylation sites (N-methyl/N-ethyl adjacent to an activating group) is 2. The van der Waals surface area contributed by atoms with Gasteiger partial charge in [-0.1, -0.05) is 62.2 Å². The first kappa shape index (κ1) is 79.6. The Morgan fingerprint density at radius 2 is 1.41 bits per heavy atom. The van der Waals surface area contributed by atoms with Gasteiger partial charge < -0.3 is 90.3 Å². The van der Waals surface area contributed by atoms with E-state index in [0.717, 1.165) is 34.3 Å². The normalized spacial score (nSPS) is 15.8. The molecule has 1 aliphatic carbocycles. The number of imidazole rings is 1. The zero-order valence-corrected chi connectivity index (χ0v) is 61.5. The highest BCUT2D eigenvalue weighted by atomic mass is 35.5. The van der Waals surface area contributed by atoms with E-state index in [4.69, 9.17) is 45.8 Å². The van der Waals surface area contributed by atoms with E-state index >= 15 is 0 Å². The first-order valence-corrected chi connectivity index (χ1v) is 36.0. The fraction of sp³-hybridized carbons (Fsp3) is 0.405. The van der Waals surface area contributed by atoms with Crippen LogP contribution in [0.5, 0.6) is 11.5 Å². The zero-order valence-electron chi connectivity index (χ0n) is 60.7. The van der Waals surface area contributed by atoms with E-state index in [-0.39, 0.29) is 121 Å². The number of hydrogen-bond donors (Lipinski definition) is 8. The first-order valence-electron chi connectivity index (χ1n) is 35.5. The zero-order chi connectivity index (χ0) is 77.8. The second kappa shape index (κ2) is 37.6. The van der Waals surface area contributed by atoms with Crippen LogP contribution in [0.25, 0.3) is 16.4 Å². The van der Waals surface area contributed by atoms with Gasteiger partial charge in [-0.3, -0.25) is 33.7 Å². The van der Waals surface area contributed by atoms with Crippen molar-refractivity contribution in [1.82, 2.24) is 60.3 Å². The molecule has 1 saturated carbocycles. The van der Waals surface area contributed by atoms with E-state index in [9.17, 15) is 57.8 Å². The van der Waals surface area contributed by atoms with Gasteiger partial charge in [0.1, 0.15) is 60.4 Å². The molecule has 2 aliphatic heterocycles. The van der Waals surface area contributed by atoms with Crippen LogP contribution in [-0.2, 0) is 62.6 Å². The number of carbonyl (C=O) groups is 11. The van der Waals surface area contributed by atoms with E-state index in [1.807, 2.05) is 25.1 Å². The number of pyridine rings is 1. The van der Waals surface area contributed by atoms with Crippen LogP contribution in [0.2, 0.25) is 0 Å². The minimum atomic E-state index is -1.16. The van der Waals surface area contributed by atoms with Crippen LogP contribution in [0.1, 0.15) is 102 Å². The molecule has 3 aliphatic rings. The average Bonchev–Trinajstić information content (AvgIpc) is 1.61. The third-order valence-corrected chi connectivity index (χ3v) is 18.9. The SMILES string of the molecule is Cc1cccc2c(OC(=O)N(C)C3CCCCC3N(C)C(=O)OCc3ccc(NC(=O)C(CCCNC(N)=O)NC(=O)C(NC(=O)OCCOCCn4cc(CNC(=O)OCCOCCN5C(=O)C=CC5=O)nn4)C(C)C)cc3)cc3c(c12)C(CCl)CN3C(=O)c1cn2cc(NC(=O)c3ccc(O)cc3)ccc2n1. The number of amides is 12. The Balaban J connectivity index is 0.677. The topological polar surface area (TPSA) is 423 Å². The van der Waals surface area contributed by atoms with Crippen LogP contribution >= 0.6 is 11.6 Å². The lowest BCUT2D eigenvalue weighted by Gasteiger charge is -2.41. The lowest BCUT2D eigenvalue weighted by atomic mass is 9.88. The van der Waals surface area contributed by atoms with Gasteiger partial charge in [-0.2, -0.15) is 0 Å². The molecule has 5 unspecified atom stereocenters. The standard InChI is InChI=1S/C74H87ClN16O18/c1-44(2)65(83-72(101)107-35-33-104-30-28-89-41-51(84-85-89)38-78-71(100)106-34-32-105-31-29-90-61(93)25-26-62(90)94)68(97)82-54(12-9-27-77-70(76)99)67(96)79-49-19-15-46(16-20-49)43-108-73(102)86(4)56-13-6-7-14-57(56)87(5)74(103)109-59-36-58-64(63-45(3)10-8-11-53(59)63)48(37-75)39-91(58)69(98)55-42-88-40-50(21-24-60(88)81-55)80-66(95)47-17-22-52(92)23-18-47/h8,10-11,15-26,36,40-42,44,48,54,56-57,65,92H,6-7,9,12-14,27-35,37-39,43H2,1-5H3,(H,78,100)(H,79,96)(H,80,95)(H,82,97)(H,83,101)(H3,76,77,99). The van der Waals surface area contributed by atoms with Crippen molar-refractivity contribution in [3.05, 3.63) is 149 Å². The summed E-state index contributed by atoms with van der Waals surface area (Å²) in [6, 6.07) is 19.0. The van der Waals surface area contributed by atoms with Crippen molar-refractivity contribution in [3.8, 4) is 11.5 Å². The molecular weight excluding hydrogens is 1440 g/mol. The molecule has 9 N–H and O–H groups in total. The Morgan fingerprint density at radius 3 is 2.10 bits per heavy atom. The molecule has 4 aromatic carbocycles. The number of carbonyl (C=O) groups excluding carboxylic acids is 11. The molecule has 1 fully saturated rings. The largest absolute Gasteiger partial charge is 0.508 e. The van der Waals surface area contributed by atoms with Gasteiger partial charge in [0.15, 0.2) is 0 Å². The summed E-state index contributed by atoms with van der Waals surface area (Å²) in [4.78, 5) is 154. The van der Waals surface area contributed by atoms with Crippen molar-refractivity contribution in [3.63, 3.8) is 0 Å². The number of fused-ring (bicyclic) bond motifs is 4. The number of anilines is 3. The number of phenolic OH excluding ortho intramolecular Hbond substituents is 1. The third kappa shape index (κ3) is 21.0. The summed E-state index contributed by atoms with van der Waals surface area (Å²) in [6.07, 6.45) is 7.13. The molecule has 0 bridgehead atoms. The molecule has 0 radical (unpaired) electrons. The molecule has 5 atom stereocenters. The molecule has 7 aromatic rings. The minimum Gasteiger partial charge on any atom is -0.508 e. The number of rotatable bonds is 33. The number of ether oxygens (including phenoxy) is 6. The fourth-order valence-corrected chi connectivity index (χ4v) is 13.1. The molecule has 12 amide bonds. The molecule has 578 valence electrons. The smallest absolute Gasteiger partial charge is 0.415 e. The number of nitrogens with one attached hydrogen (secondary N) is 6. The van der Waals surface area contributed by atoms with Crippen molar-refractivity contribution in [2.75, 3.05) is 94.8 Å². The van der Waals surface area contributed by atoms with Gasteiger partial charge in [0.25, 0.3) is 23.6 Å². The maximum atomic E-state index is 14.7. The van der Waals surface area contributed by atoms with Gasteiger partial charge >= 0.3 is 30.4 Å². The summed E-state index contributed by atoms with van der Waals surface area (Å²) in [6.45, 7) is 5.87. The highest BCUT2D eigenvalue weighted by Crippen LogP contribution is 2.47. The minimum absolute atomic E-state index is 0.0131. The molecular formula is C74H87ClN16O18. The van der Waals surface area contributed by atoms with Crippen molar-refractivity contribution >= 4 is 111 Å². The van der Waals surface area contributed by atoms with Crippen LogP contribution in [0.3, 0.4) is 0 Å². The number of aryl methyl sites for hydroxylation is 1. The summed E-state index contributed by atoms with van der Waals surface area (Å²) < 4.78 is 36.6. The lowest BCUT2D eigenvalue weighted by Crippen LogP contribution is -2.54. The van der Waals surface area contributed by atoms with Crippen molar-refractivity contribution in [2.24, 2.45) is 11.7 Å². The molecule has 34 nitrogen and oxygen atoms in total. The summed E-state index contributed by atoms with van der Waals surface area (Å²) in [5.74, 6) is -3.29. The Hall–Kier alpha value is -11.9. The van der Waals surface area contributed by atoms with Crippen molar-refractivity contribution in [2.45, 2.75) is 109 Å². The number of aromatic hydroxyl groups is 1. The number of halogens is 1. The monoisotopic (exact) mass is 1520 g/mol. The number of primary amides is 1. The molecule has 5 heterocycles. The maximum absolute atomic E-state index is 14.7. The highest BCUT2D eigenvalue weighted by molar-refractivity contribution is 6.19. The van der Waals surface area contributed by atoms with Crippen LogP contribution in [0.4, 0.5) is 41.0 Å². The summed E-state index contributed by atoms with van der Waals surface area (Å²) in [5.41, 5.74) is 10.2. The van der Waals surface area contributed by atoms with Crippen LogP contribution in [0.15, 0.2) is 116 Å². The third-order valence-electron chi connectivity index (χ3n) is 18.6. The van der Waals surface area contributed by atoms with Gasteiger partial charge in [0, 0.05) is 86.2 Å². The summed E-state index contributed by atoms with van der Waals surface area (Å²) in [5, 5.41) is 35.0. The van der Waals surface area contributed by atoms with Crippen LogP contribution in [0, 0.1) is 12.8 Å². The number of urea groups is 1. The van der Waals surface area contributed by atoms with Gasteiger partial charge in [0.2, 0.25) is 11.8 Å². The number of aromatic nitrogens is 5. The molecule has 3 aromatic heterocycles.